The molecule has 2 aromatic rings. The number of rotatable bonds is 6. The smallest absolute Gasteiger partial charge is 0.330 e. The van der Waals surface area contributed by atoms with E-state index in [9.17, 15) is 0 Å². The molecule has 21 heavy (non-hydrogen) atoms. The van der Waals surface area contributed by atoms with E-state index in [0.29, 0.717) is 17.2 Å². The number of methoxy groups -OCH3 is 3. The number of nitrogens with two attached hydrogens (primary N) is 1. The molecule has 9 nitrogen and oxygen atoms in total. The molecule has 112 valence electrons. The van der Waals surface area contributed by atoms with Gasteiger partial charge in [0.2, 0.25) is 5.95 Å². The zero-order chi connectivity index (χ0) is 15.2. The molecule has 2 rings (SSSR count). The summed E-state index contributed by atoms with van der Waals surface area (Å²) in [6, 6.07) is 5.13. The predicted octanol–water partition coefficient (Wildman–Crippen LogP) is 0.975. The Balaban J connectivity index is 2.32. The Kier molecular flexibility index (Phi) is 4.57. The van der Waals surface area contributed by atoms with E-state index in [1.54, 1.807) is 32.4 Å². The third-order valence-electron chi connectivity index (χ3n) is 2.44. The summed E-state index contributed by atoms with van der Waals surface area (Å²) >= 11 is 0. The SMILES string of the molecule is COc1cc(OC)cc(Oc2nc(NN)nc(OC)n2)c1. The molecular formula is C12H15N5O4. The Hall–Kier alpha value is -2.81. The number of hydrazine groups is 1. The van der Waals surface area contributed by atoms with Crippen molar-refractivity contribution in [1.82, 2.24) is 15.0 Å². The molecule has 0 radical (unpaired) electrons. The van der Waals surface area contributed by atoms with Gasteiger partial charge in [-0.25, -0.2) is 5.84 Å². The number of hydrogen-bond donors (Lipinski definition) is 2. The zero-order valence-electron chi connectivity index (χ0n) is 11.8. The average molecular weight is 293 g/mol. The van der Waals surface area contributed by atoms with Crippen LogP contribution in [0, 0.1) is 0 Å². The normalized spacial score (nSPS) is 9.90. The van der Waals surface area contributed by atoms with Gasteiger partial charge in [0.1, 0.15) is 17.2 Å². The molecule has 0 fully saturated rings. The van der Waals surface area contributed by atoms with Gasteiger partial charge in [0.15, 0.2) is 0 Å². The fourth-order valence-electron chi connectivity index (χ4n) is 1.49. The van der Waals surface area contributed by atoms with Crippen molar-refractivity contribution in [1.29, 1.82) is 0 Å². The lowest BCUT2D eigenvalue weighted by Crippen LogP contribution is -2.12. The molecule has 0 aliphatic heterocycles. The molecule has 1 aromatic carbocycles. The lowest BCUT2D eigenvalue weighted by atomic mass is 10.3. The van der Waals surface area contributed by atoms with Crippen molar-refractivity contribution in [2.45, 2.75) is 0 Å². The van der Waals surface area contributed by atoms with Gasteiger partial charge < -0.3 is 18.9 Å². The zero-order valence-corrected chi connectivity index (χ0v) is 11.8. The molecule has 0 unspecified atom stereocenters. The number of nitrogen functional groups attached to an aromatic ring is 1. The number of aromatic nitrogens is 3. The number of hydrogen-bond acceptors (Lipinski definition) is 9. The van der Waals surface area contributed by atoms with Crippen molar-refractivity contribution in [3.63, 3.8) is 0 Å². The summed E-state index contributed by atoms with van der Waals surface area (Å²) in [7, 11) is 4.51. The number of benzene rings is 1. The summed E-state index contributed by atoms with van der Waals surface area (Å²) < 4.78 is 20.8. The van der Waals surface area contributed by atoms with Gasteiger partial charge in [-0.1, -0.05) is 0 Å². The average Bonchev–Trinajstić information content (AvgIpc) is 2.53. The van der Waals surface area contributed by atoms with Crippen LogP contribution in [0.25, 0.3) is 0 Å². The number of ether oxygens (including phenoxy) is 4. The minimum atomic E-state index is 0.0186. The molecule has 0 bridgehead atoms. The van der Waals surface area contributed by atoms with Crippen molar-refractivity contribution in [3.8, 4) is 29.3 Å². The summed E-state index contributed by atoms with van der Waals surface area (Å²) in [5.41, 5.74) is 2.30. The molecular weight excluding hydrogens is 278 g/mol. The molecule has 1 aromatic heterocycles. The first kappa shape index (κ1) is 14.6. The van der Waals surface area contributed by atoms with E-state index in [4.69, 9.17) is 24.8 Å². The van der Waals surface area contributed by atoms with Crippen LogP contribution in [0.4, 0.5) is 5.95 Å². The standard InChI is InChI=1S/C12H15N5O4/c1-18-7-4-8(19-2)6-9(5-7)21-12-15-10(17-13)14-11(16-12)20-3/h4-6H,13H2,1-3H3,(H,14,15,16,17). The van der Waals surface area contributed by atoms with Gasteiger partial charge in [0.25, 0.3) is 0 Å². The molecule has 0 saturated heterocycles. The minimum Gasteiger partial charge on any atom is -0.496 e. The maximum atomic E-state index is 5.55. The van der Waals surface area contributed by atoms with Crippen LogP contribution >= 0.6 is 0 Å². The molecule has 0 aliphatic carbocycles. The Morgan fingerprint density at radius 2 is 1.38 bits per heavy atom. The second-order valence-electron chi connectivity index (χ2n) is 3.72. The minimum absolute atomic E-state index is 0.0186. The Morgan fingerprint density at radius 3 is 1.90 bits per heavy atom. The summed E-state index contributed by atoms with van der Waals surface area (Å²) in [5, 5.41) is 0. The second-order valence-corrected chi connectivity index (χ2v) is 3.72. The first-order valence-electron chi connectivity index (χ1n) is 5.86. The van der Waals surface area contributed by atoms with Crippen molar-refractivity contribution in [2.24, 2.45) is 5.84 Å². The third-order valence-corrected chi connectivity index (χ3v) is 2.44. The van der Waals surface area contributed by atoms with E-state index in [-0.39, 0.29) is 18.0 Å². The molecule has 1 heterocycles. The van der Waals surface area contributed by atoms with Gasteiger partial charge in [0, 0.05) is 18.2 Å². The van der Waals surface area contributed by atoms with Crippen molar-refractivity contribution < 1.29 is 18.9 Å². The highest BCUT2D eigenvalue weighted by atomic mass is 16.5. The van der Waals surface area contributed by atoms with Gasteiger partial charge >= 0.3 is 12.0 Å². The monoisotopic (exact) mass is 293 g/mol. The van der Waals surface area contributed by atoms with Crippen LogP contribution in [0.3, 0.4) is 0 Å². The first-order chi connectivity index (χ1) is 10.2. The van der Waals surface area contributed by atoms with Crippen LogP contribution in [0.2, 0.25) is 0 Å². The maximum absolute atomic E-state index is 5.55. The van der Waals surface area contributed by atoms with Crippen LogP contribution in [0.15, 0.2) is 18.2 Å². The Labute approximate surface area is 121 Å². The predicted molar refractivity (Wildman–Crippen MR) is 73.8 cm³/mol. The second kappa shape index (κ2) is 6.57. The first-order valence-corrected chi connectivity index (χ1v) is 5.86. The highest BCUT2D eigenvalue weighted by Crippen LogP contribution is 2.30. The van der Waals surface area contributed by atoms with Crippen molar-refractivity contribution >= 4 is 5.95 Å². The number of nitrogens with zero attached hydrogens (tertiary/aromatic N) is 3. The molecule has 0 spiro atoms. The largest absolute Gasteiger partial charge is 0.496 e. The van der Waals surface area contributed by atoms with E-state index in [1.165, 1.54) is 7.11 Å². The van der Waals surface area contributed by atoms with Crippen molar-refractivity contribution in [3.05, 3.63) is 18.2 Å². The van der Waals surface area contributed by atoms with Crippen LogP contribution in [0.5, 0.6) is 29.3 Å². The van der Waals surface area contributed by atoms with E-state index in [1.807, 2.05) is 0 Å². The summed E-state index contributed by atoms with van der Waals surface area (Å²) in [5.74, 6) is 6.97. The maximum Gasteiger partial charge on any atom is 0.330 e. The van der Waals surface area contributed by atoms with Gasteiger partial charge in [-0.05, 0) is 0 Å². The Morgan fingerprint density at radius 1 is 0.810 bits per heavy atom. The molecule has 0 aliphatic rings. The van der Waals surface area contributed by atoms with Crippen LogP contribution < -0.4 is 30.2 Å². The number of anilines is 1. The topological polar surface area (TPSA) is 114 Å². The molecule has 0 amide bonds. The van der Waals surface area contributed by atoms with Gasteiger partial charge in [0.05, 0.1) is 21.3 Å². The molecule has 9 heteroatoms. The van der Waals surface area contributed by atoms with Gasteiger partial charge in [-0.3, -0.25) is 5.43 Å². The Bertz CT molecular complexity index is 525. The van der Waals surface area contributed by atoms with E-state index < -0.39 is 0 Å². The van der Waals surface area contributed by atoms with E-state index in [2.05, 4.69) is 20.4 Å². The fourth-order valence-corrected chi connectivity index (χ4v) is 1.49. The molecule has 0 saturated carbocycles. The quantitative estimate of drug-likeness (QED) is 0.594. The van der Waals surface area contributed by atoms with Crippen molar-refractivity contribution in [2.75, 3.05) is 26.8 Å². The lowest BCUT2D eigenvalue weighted by molar-refractivity contribution is 0.356. The lowest BCUT2D eigenvalue weighted by Gasteiger charge is -2.09. The summed E-state index contributed by atoms with van der Waals surface area (Å²) in [6.45, 7) is 0. The van der Waals surface area contributed by atoms with Crippen LogP contribution in [-0.4, -0.2) is 36.3 Å². The van der Waals surface area contributed by atoms with Gasteiger partial charge in [-0.2, -0.15) is 9.97 Å². The van der Waals surface area contributed by atoms with E-state index in [0.717, 1.165) is 0 Å². The molecule has 3 N–H and O–H groups in total. The summed E-state index contributed by atoms with van der Waals surface area (Å²) in [4.78, 5) is 11.8. The highest BCUT2D eigenvalue weighted by Gasteiger charge is 2.10. The fraction of sp³-hybridized carbons (Fsp3) is 0.250. The van der Waals surface area contributed by atoms with Gasteiger partial charge in [-0.15, -0.1) is 4.98 Å². The third kappa shape index (κ3) is 3.60. The number of nitrogens with one attached hydrogen (secondary N) is 1. The van der Waals surface area contributed by atoms with Crippen LogP contribution in [0.1, 0.15) is 0 Å². The highest BCUT2D eigenvalue weighted by molar-refractivity contribution is 5.43. The molecule has 0 atom stereocenters. The summed E-state index contributed by atoms with van der Waals surface area (Å²) in [6.07, 6.45) is 0. The van der Waals surface area contributed by atoms with E-state index >= 15 is 0 Å². The van der Waals surface area contributed by atoms with Crippen LogP contribution in [-0.2, 0) is 0 Å².